The summed E-state index contributed by atoms with van der Waals surface area (Å²) in [5, 5.41) is 23.0. The Hall–Kier alpha value is -4.06. The molecule has 1 heterocycles. The Kier molecular flexibility index (Phi) is 5.69. The number of fused-ring (bicyclic) bond motifs is 1. The first-order valence-corrected chi connectivity index (χ1v) is 10.3. The fourth-order valence-corrected chi connectivity index (χ4v) is 3.85. The number of carbonyl (C=O) groups is 1. The third kappa shape index (κ3) is 4.49. The van der Waals surface area contributed by atoms with E-state index in [9.17, 15) is 19.8 Å². The molecular weight excluding hydrogens is 406 g/mol. The van der Waals surface area contributed by atoms with Crippen LogP contribution in [0.4, 0.5) is 5.69 Å². The highest BCUT2D eigenvalue weighted by atomic mass is 16.4. The van der Waals surface area contributed by atoms with Crippen LogP contribution < -0.4 is 10.9 Å². The number of hydrogen-bond acceptors (Lipinski definition) is 5. The highest BCUT2D eigenvalue weighted by Gasteiger charge is 2.29. The zero-order valence-electron chi connectivity index (χ0n) is 17.5. The van der Waals surface area contributed by atoms with E-state index in [0.29, 0.717) is 17.7 Å². The number of carbonyl (C=O) groups excluding carboxylic acids is 1. The van der Waals surface area contributed by atoms with Gasteiger partial charge in [0.1, 0.15) is 17.1 Å². The summed E-state index contributed by atoms with van der Waals surface area (Å²) in [5.41, 5.74) is 2.06. The molecule has 3 N–H and O–H groups in total. The van der Waals surface area contributed by atoms with Crippen molar-refractivity contribution in [1.82, 2.24) is 0 Å². The van der Waals surface area contributed by atoms with Gasteiger partial charge in [0.05, 0.1) is 0 Å². The second-order valence-corrected chi connectivity index (χ2v) is 7.98. The van der Waals surface area contributed by atoms with Crippen LogP contribution in [-0.4, -0.2) is 16.1 Å². The van der Waals surface area contributed by atoms with Crippen LogP contribution in [0.15, 0.2) is 88.1 Å². The lowest BCUT2D eigenvalue weighted by Crippen LogP contribution is -2.26. The van der Waals surface area contributed by atoms with Gasteiger partial charge in [0.25, 0.3) is 0 Å². The summed E-state index contributed by atoms with van der Waals surface area (Å²) < 4.78 is 5.12. The number of anilines is 1. The Balaban J connectivity index is 1.54. The van der Waals surface area contributed by atoms with Crippen molar-refractivity contribution in [2.24, 2.45) is 0 Å². The maximum Gasteiger partial charge on any atom is 0.336 e. The lowest BCUT2D eigenvalue weighted by molar-refractivity contribution is -0.116. The van der Waals surface area contributed by atoms with E-state index in [2.05, 4.69) is 5.32 Å². The smallest absolute Gasteiger partial charge is 0.336 e. The molecule has 0 aliphatic rings. The van der Waals surface area contributed by atoms with Gasteiger partial charge in [-0.25, -0.2) is 4.79 Å². The zero-order valence-corrected chi connectivity index (χ0v) is 17.5. The molecule has 1 amide bonds. The van der Waals surface area contributed by atoms with Crippen LogP contribution in [0.3, 0.4) is 0 Å². The lowest BCUT2D eigenvalue weighted by atomic mass is 9.73. The minimum Gasteiger partial charge on any atom is -0.508 e. The van der Waals surface area contributed by atoms with Crippen molar-refractivity contribution in [3.05, 3.63) is 100 Å². The molecule has 162 valence electrons. The number of benzene rings is 3. The van der Waals surface area contributed by atoms with Gasteiger partial charge in [-0.3, -0.25) is 4.79 Å². The molecule has 0 radical (unpaired) electrons. The Morgan fingerprint density at radius 2 is 1.47 bits per heavy atom. The predicted octanol–water partition coefficient (Wildman–Crippen LogP) is 4.93. The summed E-state index contributed by atoms with van der Waals surface area (Å²) in [6.45, 7) is 2.04. The van der Waals surface area contributed by atoms with Crippen LogP contribution in [0.2, 0.25) is 0 Å². The molecular formula is C26H23NO5. The summed E-state index contributed by atoms with van der Waals surface area (Å²) in [4.78, 5) is 24.1. The molecule has 6 nitrogen and oxygen atoms in total. The maximum atomic E-state index is 12.8. The van der Waals surface area contributed by atoms with Crippen molar-refractivity contribution < 1.29 is 19.4 Å². The number of phenolic OH excluding ortho intramolecular Hbond substituents is 2. The summed E-state index contributed by atoms with van der Waals surface area (Å²) in [5.74, 6) is 0.198. The number of rotatable bonds is 6. The average molecular weight is 429 g/mol. The van der Waals surface area contributed by atoms with Crippen molar-refractivity contribution in [2.45, 2.75) is 25.2 Å². The maximum absolute atomic E-state index is 12.8. The predicted molar refractivity (Wildman–Crippen MR) is 123 cm³/mol. The molecule has 6 heteroatoms. The number of hydrogen-bond donors (Lipinski definition) is 3. The molecule has 0 saturated carbocycles. The number of nitrogens with one attached hydrogen (secondary N) is 1. The minimum atomic E-state index is -0.508. The van der Waals surface area contributed by atoms with Crippen LogP contribution in [0, 0.1) is 0 Å². The van der Waals surface area contributed by atoms with Crippen LogP contribution >= 0.6 is 0 Å². The SMILES string of the molecule is CC(CCC(=O)Nc1ccc2oc(=O)ccc2c1)(c1ccc(O)cc1)c1ccc(O)cc1. The second kappa shape index (κ2) is 8.59. The molecule has 3 aromatic carbocycles. The van der Waals surface area contributed by atoms with Crippen molar-refractivity contribution >= 4 is 22.6 Å². The largest absolute Gasteiger partial charge is 0.508 e. The minimum absolute atomic E-state index is 0.148. The van der Waals surface area contributed by atoms with Gasteiger partial charge in [0.2, 0.25) is 5.91 Å². The Labute approximate surface area is 184 Å². The highest BCUT2D eigenvalue weighted by molar-refractivity contribution is 5.93. The normalized spacial score (nSPS) is 11.4. The molecule has 4 rings (SSSR count). The first kappa shape index (κ1) is 21.2. The summed E-state index contributed by atoms with van der Waals surface area (Å²) in [7, 11) is 0. The summed E-state index contributed by atoms with van der Waals surface area (Å²) >= 11 is 0. The van der Waals surface area contributed by atoms with E-state index in [-0.39, 0.29) is 23.8 Å². The molecule has 0 aliphatic heterocycles. The third-order valence-electron chi connectivity index (χ3n) is 5.76. The van der Waals surface area contributed by atoms with Gasteiger partial charge in [-0.2, -0.15) is 0 Å². The fraction of sp³-hybridized carbons (Fsp3) is 0.154. The van der Waals surface area contributed by atoms with Crippen molar-refractivity contribution in [1.29, 1.82) is 0 Å². The van der Waals surface area contributed by atoms with E-state index >= 15 is 0 Å². The fourth-order valence-electron chi connectivity index (χ4n) is 3.85. The topological polar surface area (TPSA) is 99.8 Å². The molecule has 0 bridgehead atoms. The van der Waals surface area contributed by atoms with Gasteiger partial charge in [0, 0.05) is 29.0 Å². The van der Waals surface area contributed by atoms with Crippen LogP contribution in [0.5, 0.6) is 11.5 Å². The van der Waals surface area contributed by atoms with Crippen LogP contribution in [0.1, 0.15) is 30.9 Å². The van der Waals surface area contributed by atoms with E-state index in [1.165, 1.54) is 6.07 Å². The summed E-state index contributed by atoms with van der Waals surface area (Å²) in [6.07, 6.45) is 0.761. The number of aromatic hydroxyl groups is 2. The van der Waals surface area contributed by atoms with E-state index in [1.807, 2.05) is 31.2 Å². The molecule has 0 fully saturated rings. The number of amides is 1. The Bertz CT molecular complexity index is 1260. The van der Waals surface area contributed by atoms with E-state index in [0.717, 1.165) is 16.5 Å². The van der Waals surface area contributed by atoms with Gasteiger partial charge in [0.15, 0.2) is 0 Å². The van der Waals surface area contributed by atoms with Gasteiger partial charge < -0.3 is 19.9 Å². The molecule has 0 saturated heterocycles. The molecule has 32 heavy (non-hydrogen) atoms. The van der Waals surface area contributed by atoms with E-state index in [1.54, 1.807) is 48.5 Å². The van der Waals surface area contributed by atoms with Gasteiger partial charge >= 0.3 is 5.63 Å². The van der Waals surface area contributed by atoms with Crippen molar-refractivity contribution in [3.63, 3.8) is 0 Å². The van der Waals surface area contributed by atoms with Crippen molar-refractivity contribution in [2.75, 3.05) is 5.32 Å². The van der Waals surface area contributed by atoms with E-state index in [4.69, 9.17) is 4.42 Å². The average Bonchev–Trinajstić information content (AvgIpc) is 2.78. The molecule has 4 aromatic rings. The molecule has 0 unspecified atom stereocenters. The third-order valence-corrected chi connectivity index (χ3v) is 5.76. The Morgan fingerprint density at radius 3 is 2.06 bits per heavy atom. The van der Waals surface area contributed by atoms with Gasteiger partial charge in [-0.05, 0) is 66.1 Å². The first-order valence-electron chi connectivity index (χ1n) is 10.3. The van der Waals surface area contributed by atoms with Crippen LogP contribution in [-0.2, 0) is 10.2 Å². The monoisotopic (exact) mass is 429 g/mol. The van der Waals surface area contributed by atoms with Gasteiger partial charge in [-0.15, -0.1) is 0 Å². The van der Waals surface area contributed by atoms with Crippen molar-refractivity contribution in [3.8, 4) is 11.5 Å². The molecule has 0 atom stereocenters. The lowest BCUT2D eigenvalue weighted by Gasteiger charge is -2.31. The molecule has 0 spiro atoms. The van der Waals surface area contributed by atoms with E-state index < -0.39 is 11.0 Å². The number of phenols is 2. The highest BCUT2D eigenvalue weighted by Crippen LogP contribution is 2.38. The second-order valence-electron chi connectivity index (χ2n) is 7.98. The quantitative estimate of drug-likeness (QED) is 0.378. The zero-order chi connectivity index (χ0) is 22.7. The molecule has 0 aliphatic carbocycles. The summed E-state index contributed by atoms with van der Waals surface area (Å²) in [6, 6.07) is 22.0. The standard InChI is InChI=1S/C26H23NO5/c1-26(18-3-8-21(28)9-4-18,19-5-10-22(29)11-6-19)15-14-24(30)27-20-7-12-23-17(16-20)2-13-25(31)32-23/h2-13,16,28-29H,14-15H2,1H3,(H,27,30). The molecule has 1 aromatic heterocycles. The van der Waals surface area contributed by atoms with Gasteiger partial charge in [-0.1, -0.05) is 31.2 Å². The van der Waals surface area contributed by atoms with Crippen LogP contribution in [0.25, 0.3) is 11.0 Å². The first-order chi connectivity index (χ1) is 15.3. The Morgan fingerprint density at radius 1 is 0.875 bits per heavy atom.